The Labute approximate surface area is 132 Å². The lowest BCUT2D eigenvalue weighted by atomic mass is 9.88. The van der Waals surface area contributed by atoms with E-state index in [1.54, 1.807) is 0 Å². The van der Waals surface area contributed by atoms with Gasteiger partial charge in [-0.25, -0.2) is 0 Å². The van der Waals surface area contributed by atoms with Crippen molar-refractivity contribution < 1.29 is 9.53 Å². The molecule has 22 heavy (non-hydrogen) atoms. The normalized spacial score (nSPS) is 28.8. The Morgan fingerprint density at radius 2 is 2.14 bits per heavy atom. The van der Waals surface area contributed by atoms with Gasteiger partial charge in [0, 0.05) is 19.7 Å². The summed E-state index contributed by atoms with van der Waals surface area (Å²) >= 11 is 0. The molecule has 4 nitrogen and oxygen atoms in total. The molecule has 120 valence electrons. The van der Waals surface area contributed by atoms with Gasteiger partial charge in [0.05, 0.1) is 12.0 Å². The Balaban J connectivity index is 1.70. The van der Waals surface area contributed by atoms with Crippen molar-refractivity contribution in [2.45, 2.75) is 25.4 Å². The van der Waals surface area contributed by atoms with Crippen molar-refractivity contribution in [1.82, 2.24) is 10.2 Å². The number of nitrogens with one attached hydrogen (secondary N) is 1. The minimum Gasteiger partial charge on any atom is -0.373 e. The van der Waals surface area contributed by atoms with Crippen molar-refractivity contribution in [2.75, 3.05) is 33.3 Å². The zero-order chi connectivity index (χ0) is 15.4. The van der Waals surface area contributed by atoms with Crippen LogP contribution in [0.25, 0.3) is 0 Å². The van der Waals surface area contributed by atoms with E-state index in [1.807, 2.05) is 25.2 Å². The maximum atomic E-state index is 13.0. The molecule has 2 heterocycles. The summed E-state index contributed by atoms with van der Waals surface area (Å²) < 4.78 is 5.97. The van der Waals surface area contributed by atoms with E-state index in [0.29, 0.717) is 5.92 Å². The Morgan fingerprint density at radius 3 is 2.91 bits per heavy atom. The van der Waals surface area contributed by atoms with Crippen LogP contribution in [0.1, 0.15) is 30.9 Å². The van der Waals surface area contributed by atoms with E-state index in [0.717, 1.165) is 51.1 Å². The van der Waals surface area contributed by atoms with E-state index in [1.165, 1.54) is 0 Å². The molecule has 2 aliphatic rings. The van der Waals surface area contributed by atoms with Gasteiger partial charge >= 0.3 is 0 Å². The third kappa shape index (κ3) is 3.33. The number of amides is 1. The van der Waals surface area contributed by atoms with Gasteiger partial charge < -0.3 is 15.0 Å². The molecule has 2 fully saturated rings. The Hall–Kier alpha value is -1.39. The maximum Gasteiger partial charge on any atom is 0.228 e. The molecule has 3 rings (SSSR count). The highest BCUT2D eigenvalue weighted by atomic mass is 16.5. The third-order valence-corrected chi connectivity index (χ3v) is 4.86. The second-order valence-corrected chi connectivity index (χ2v) is 6.45. The van der Waals surface area contributed by atoms with E-state index in [2.05, 4.69) is 22.3 Å². The maximum absolute atomic E-state index is 13.0. The average Bonchev–Trinajstić information content (AvgIpc) is 3.04. The average molecular weight is 302 g/mol. The minimum atomic E-state index is -0.0780. The van der Waals surface area contributed by atoms with Gasteiger partial charge in [-0.1, -0.05) is 30.3 Å². The summed E-state index contributed by atoms with van der Waals surface area (Å²) in [4.78, 5) is 15.0. The van der Waals surface area contributed by atoms with E-state index in [4.69, 9.17) is 4.74 Å². The van der Waals surface area contributed by atoms with E-state index < -0.39 is 0 Å². The number of hydrogen-bond acceptors (Lipinski definition) is 3. The van der Waals surface area contributed by atoms with Crippen molar-refractivity contribution in [3.63, 3.8) is 0 Å². The largest absolute Gasteiger partial charge is 0.373 e. The molecule has 1 N–H and O–H groups in total. The van der Waals surface area contributed by atoms with E-state index in [9.17, 15) is 4.79 Å². The van der Waals surface area contributed by atoms with Crippen LogP contribution in [0.5, 0.6) is 0 Å². The Morgan fingerprint density at radius 1 is 1.32 bits per heavy atom. The van der Waals surface area contributed by atoms with Gasteiger partial charge in [0.2, 0.25) is 5.91 Å². The molecule has 0 saturated carbocycles. The predicted octanol–water partition coefficient (Wildman–Crippen LogP) is 2.22. The van der Waals surface area contributed by atoms with Crippen LogP contribution in [-0.2, 0) is 9.53 Å². The molecule has 0 aliphatic carbocycles. The van der Waals surface area contributed by atoms with Crippen LogP contribution in [0.3, 0.4) is 0 Å². The van der Waals surface area contributed by atoms with Crippen molar-refractivity contribution in [2.24, 2.45) is 11.8 Å². The molecule has 0 spiro atoms. The highest BCUT2D eigenvalue weighted by Crippen LogP contribution is 2.35. The molecule has 3 unspecified atom stereocenters. The number of hydrogen-bond donors (Lipinski definition) is 1. The number of likely N-dealkylation sites (tertiary alicyclic amines) is 1. The van der Waals surface area contributed by atoms with Crippen LogP contribution >= 0.6 is 0 Å². The lowest BCUT2D eigenvalue weighted by molar-refractivity contribution is -0.144. The molecule has 1 aromatic rings. The van der Waals surface area contributed by atoms with Crippen LogP contribution in [0.4, 0.5) is 0 Å². The quantitative estimate of drug-likeness (QED) is 0.927. The molecule has 1 aromatic carbocycles. The fraction of sp³-hybridized carbons (Fsp3) is 0.611. The van der Waals surface area contributed by atoms with Gasteiger partial charge in [0.1, 0.15) is 0 Å². The van der Waals surface area contributed by atoms with Gasteiger partial charge in [-0.2, -0.15) is 0 Å². The number of carbonyl (C=O) groups is 1. The Kier molecular flexibility index (Phi) is 5.11. The summed E-state index contributed by atoms with van der Waals surface area (Å²) in [7, 11) is 1.98. The second-order valence-electron chi connectivity index (χ2n) is 6.45. The number of carbonyl (C=O) groups excluding carboxylic acids is 1. The highest BCUT2D eigenvalue weighted by Gasteiger charge is 2.37. The fourth-order valence-electron chi connectivity index (χ4n) is 3.73. The first-order valence-electron chi connectivity index (χ1n) is 8.39. The van der Waals surface area contributed by atoms with Crippen LogP contribution in [0.2, 0.25) is 0 Å². The van der Waals surface area contributed by atoms with Crippen molar-refractivity contribution >= 4 is 5.91 Å². The lowest BCUT2D eigenvalue weighted by Crippen LogP contribution is -2.40. The minimum absolute atomic E-state index is 0.0236. The lowest BCUT2D eigenvalue weighted by Gasteiger charge is -2.33. The van der Waals surface area contributed by atoms with Crippen LogP contribution in [-0.4, -0.2) is 44.1 Å². The summed E-state index contributed by atoms with van der Waals surface area (Å²) in [6.45, 7) is 3.53. The molecule has 0 radical (unpaired) electrons. The third-order valence-electron chi connectivity index (χ3n) is 4.86. The number of benzene rings is 1. The second kappa shape index (κ2) is 7.25. The zero-order valence-corrected chi connectivity index (χ0v) is 13.3. The van der Waals surface area contributed by atoms with Gasteiger partial charge in [-0.3, -0.25) is 4.79 Å². The SMILES string of the molecule is CNCC1CCN(C(=O)C2CCCOC2c2ccccc2)C1. The summed E-state index contributed by atoms with van der Waals surface area (Å²) in [5.74, 6) is 0.852. The summed E-state index contributed by atoms with van der Waals surface area (Å²) in [5.41, 5.74) is 1.13. The molecule has 0 bridgehead atoms. The first kappa shape index (κ1) is 15.5. The zero-order valence-electron chi connectivity index (χ0n) is 13.3. The fourth-order valence-corrected chi connectivity index (χ4v) is 3.73. The monoisotopic (exact) mass is 302 g/mol. The van der Waals surface area contributed by atoms with Gasteiger partial charge in [0.15, 0.2) is 0 Å². The van der Waals surface area contributed by atoms with Crippen molar-refractivity contribution in [3.8, 4) is 0 Å². The van der Waals surface area contributed by atoms with Gasteiger partial charge in [-0.15, -0.1) is 0 Å². The molecule has 3 atom stereocenters. The van der Waals surface area contributed by atoms with E-state index in [-0.39, 0.29) is 17.9 Å². The van der Waals surface area contributed by atoms with Crippen LogP contribution < -0.4 is 5.32 Å². The first-order chi connectivity index (χ1) is 10.8. The smallest absolute Gasteiger partial charge is 0.228 e. The molecule has 2 saturated heterocycles. The van der Waals surface area contributed by atoms with E-state index >= 15 is 0 Å². The molecular formula is C18H26N2O2. The summed E-state index contributed by atoms with van der Waals surface area (Å²) in [6.07, 6.45) is 2.95. The molecule has 0 aromatic heterocycles. The molecule has 1 amide bonds. The van der Waals surface area contributed by atoms with Crippen molar-refractivity contribution in [1.29, 1.82) is 0 Å². The summed E-state index contributed by atoms with van der Waals surface area (Å²) in [6, 6.07) is 10.2. The number of nitrogens with zero attached hydrogens (tertiary/aromatic N) is 1. The van der Waals surface area contributed by atoms with Crippen molar-refractivity contribution in [3.05, 3.63) is 35.9 Å². The Bertz CT molecular complexity index is 491. The van der Waals surface area contributed by atoms with Crippen LogP contribution in [0, 0.1) is 11.8 Å². The van der Waals surface area contributed by atoms with Gasteiger partial charge in [0.25, 0.3) is 0 Å². The standard InChI is InChI=1S/C18H26N2O2/c1-19-12-14-9-10-20(13-14)18(21)16-8-5-11-22-17(16)15-6-3-2-4-7-15/h2-4,6-7,14,16-17,19H,5,8-13H2,1H3. The predicted molar refractivity (Wildman–Crippen MR) is 86.5 cm³/mol. The number of ether oxygens (including phenoxy) is 1. The number of rotatable bonds is 4. The topological polar surface area (TPSA) is 41.6 Å². The highest BCUT2D eigenvalue weighted by molar-refractivity contribution is 5.80. The van der Waals surface area contributed by atoms with Gasteiger partial charge in [-0.05, 0) is 44.3 Å². The first-order valence-corrected chi connectivity index (χ1v) is 8.39. The van der Waals surface area contributed by atoms with Crippen LogP contribution in [0.15, 0.2) is 30.3 Å². The molecule has 4 heteroatoms. The molecule has 2 aliphatic heterocycles. The molecular weight excluding hydrogens is 276 g/mol. The summed E-state index contributed by atoms with van der Waals surface area (Å²) in [5, 5.41) is 3.22.